The van der Waals surface area contributed by atoms with E-state index in [1.807, 2.05) is 17.5 Å². The molecule has 1 N–H and O–H groups in total. The van der Waals surface area contributed by atoms with Gasteiger partial charge in [-0.05, 0) is 23.8 Å². The van der Waals surface area contributed by atoms with Gasteiger partial charge in [0, 0.05) is 6.54 Å². The van der Waals surface area contributed by atoms with Crippen molar-refractivity contribution in [1.29, 1.82) is 0 Å². The summed E-state index contributed by atoms with van der Waals surface area (Å²) in [6.07, 6.45) is 5.09. The van der Waals surface area contributed by atoms with E-state index in [1.165, 1.54) is 31.0 Å². The fourth-order valence-corrected chi connectivity index (χ4v) is 3.81. The quantitative estimate of drug-likeness (QED) is 0.791. The molecule has 0 spiro atoms. The molecule has 2 aromatic heterocycles. The highest BCUT2D eigenvalue weighted by atomic mass is 32.2. The maximum atomic E-state index is 10.8. The topological polar surface area (TPSA) is 68.0 Å². The average molecular weight is 323 g/mol. The second-order valence-electron chi connectivity index (χ2n) is 5.20. The first-order chi connectivity index (χ1) is 10.2. The van der Waals surface area contributed by atoms with Crippen LogP contribution >= 0.6 is 23.1 Å². The number of carboxylic acid groups (broad SMARTS) is 1. The van der Waals surface area contributed by atoms with Gasteiger partial charge in [-0.1, -0.05) is 37.1 Å². The zero-order valence-corrected chi connectivity index (χ0v) is 13.2. The Hall–Kier alpha value is -1.34. The van der Waals surface area contributed by atoms with Crippen LogP contribution in [-0.4, -0.2) is 31.6 Å². The van der Waals surface area contributed by atoms with Crippen molar-refractivity contribution in [2.75, 3.05) is 5.75 Å². The smallest absolute Gasteiger partial charge is 0.313 e. The first kappa shape index (κ1) is 14.6. The monoisotopic (exact) mass is 323 g/mol. The Labute approximate surface area is 131 Å². The van der Waals surface area contributed by atoms with E-state index >= 15 is 0 Å². The molecule has 112 valence electrons. The Kier molecular flexibility index (Phi) is 4.60. The fraction of sp³-hybridized carbons (Fsp3) is 0.500. The van der Waals surface area contributed by atoms with E-state index in [2.05, 4.69) is 14.8 Å². The molecular weight excluding hydrogens is 306 g/mol. The summed E-state index contributed by atoms with van der Waals surface area (Å²) in [6.45, 7) is 0.868. The highest BCUT2D eigenvalue weighted by molar-refractivity contribution is 7.99. The number of hydrogen-bond donors (Lipinski definition) is 1. The summed E-state index contributed by atoms with van der Waals surface area (Å²) in [6, 6.07) is 4.02. The SMILES string of the molecule is O=C(O)CSc1nnc(-c2cccs2)n1CCC1CCC1. The Morgan fingerprint density at radius 1 is 1.48 bits per heavy atom. The molecule has 1 fully saturated rings. The van der Waals surface area contributed by atoms with Gasteiger partial charge in [-0.15, -0.1) is 21.5 Å². The molecule has 5 nitrogen and oxygen atoms in total. The van der Waals surface area contributed by atoms with E-state index in [0.29, 0.717) is 5.16 Å². The lowest BCUT2D eigenvalue weighted by Crippen LogP contribution is -2.15. The van der Waals surface area contributed by atoms with E-state index in [0.717, 1.165) is 29.6 Å². The summed E-state index contributed by atoms with van der Waals surface area (Å²) < 4.78 is 2.08. The number of aromatic nitrogens is 3. The summed E-state index contributed by atoms with van der Waals surface area (Å²) in [4.78, 5) is 11.8. The standard InChI is InChI=1S/C14H17N3O2S2/c18-12(19)9-21-14-16-15-13(11-5-2-8-20-11)17(14)7-6-10-3-1-4-10/h2,5,8,10H,1,3-4,6-7,9H2,(H,18,19). The van der Waals surface area contributed by atoms with Crippen molar-refractivity contribution >= 4 is 29.1 Å². The molecular formula is C14H17N3O2S2. The van der Waals surface area contributed by atoms with Crippen molar-refractivity contribution in [2.24, 2.45) is 5.92 Å². The largest absolute Gasteiger partial charge is 0.481 e. The molecule has 21 heavy (non-hydrogen) atoms. The van der Waals surface area contributed by atoms with Crippen molar-refractivity contribution in [3.63, 3.8) is 0 Å². The summed E-state index contributed by atoms with van der Waals surface area (Å²) in [5.41, 5.74) is 0. The number of rotatable bonds is 7. The molecule has 0 radical (unpaired) electrons. The fourth-order valence-electron chi connectivity index (χ4n) is 2.40. The van der Waals surface area contributed by atoms with E-state index in [1.54, 1.807) is 11.3 Å². The van der Waals surface area contributed by atoms with E-state index in [4.69, 9.17) is 5.11 Å². The molecule has 1 aliphatic carbocycles. The van der Waals surface area contributed by atoms with Gasteiger partial charge in [-0.2, -0.15) is 0 Å². The van der Waals surface area contributed by atoms with Gasteiger partial charge in [0.15, 0.2) is 11.0 Å². The number of hydrogen-bond acceptors (Lipinski definition) is 5. The predicted molar refractivity (Wildman–Crippen MR) is 83.7 cm³/mol. The molecule has 1 aliphatic rings. The average Bonchev–Trinajstić information content (AvgIpc) is 3.03. The van der Waals surface area contributed by atoms with Crippen LogP contribution in [0, 0.1) is 5.92 Å². The lowest BCUT2D eigenvalue weighted by atomic mass is 9.83. The van der Waals surface area contributed by atoms with Crippen LogP contribution < -0.4 is 0 Å². The van der Waals surface area contributed by atoms with Crippen molar-refractivity contribution in [3.05, 3.63) is 17.5 Å². The molecule has 0 atom stereocenters. The number of thioether (sulfide) groups is 1. The second kappa shape index (κ2) is 6.62. The molecule has 0 amide bonds. The van der Waals surface area contributed by atoms with Crippen molar-refractivity contribution in [3.8, 4) is 10.7 Å². The third-order valence-electron chi connectivity index (χ3n) is 3.77. The van der Waals surface area contributed by atoms with Gasteiger partial charge in [0.1, 0.15) is 0 Å². The van der Waals surface area contributed by atoms with Crippen LogP contribution in [0.4, 0.5) is 0 Å². The van der Waals surface area contributed by atoms with Gasteiger partial charge >= 0.3 is 5.97 Å². The van der Waals surface area contributed by atoms with Crippen LogP contribution in [0.3, 0.4) is 0 Å². The third-order valence-corrected chi connectivity index (χ3v) is 5.59. The van der Waals surface area contributed by atoms with Crippen LogP contribution in [0.5, 0.6) is 0 Å². The number of carbonyl (C=O) groups is 1. The van der Waals surface area contributed by atoms with Crippen molar-refractivity contribution < 1.29 is 9.90 Å². The first-order valence-electron chi connectivity index (χ1n) is 7.05. The van der Waals surface area contributed by atoms with Gasteiger partial charge in [0.05, 0.1) is 10.6 Å². The zero-order chi connectivity index (χ0) is 14.7. The molecule has 0 aromatic carbocycles. The van der Waals surface area contributed by atoms with Crippen LogP contribution in [0.2, 0.25) is 0 Å². The maximum absolute atomic E-state index is 10.8. The summed E-state index contributed by atoms with van der Waals surface area (Å²) in [5.74, 6) is 0.857. The Morgan fingerprint density at radius 2 is 2.33 bits per heavy atom. The number of nitrogens with zero attached hydrogens (tertiary/aromatic N) is 3. The molecule has 3 rings (SSSR count). The number of aliphatic carboxylic acids is 1. The molecule has 0 aliphatic heterocycles. The number of thiophene rings is 1. The Bertz CT molecular complexity index is 606. The van der Waals surface area contributed by atoms with Crippen LogP contribution in [0.15, 0.2) is 22.7 Å². The second-order valence-corrected chi connectivity index (χ2v) is 7.09. The lowest BCUT2D eigenvalue weighted by Gasteiger charge is -2.25. The maximum Gasteiger partial charge on any atom is 0.313 e. The lowest BCUT2D eigenvalue weighted by molar-refractivity contribution is -0.133. The third kappa shape index (κ3) is 3.47. The summed E-state index contributed by atoms with van der Waals surface area (Å²) in [7, 11) is 0. The molecule has 1 saturated carbocycles. The molecule has 0 bridgehead atoms. The van der Waals surface area contributed by atoms with Gasteiger partial charge in [-0.25, -0.2) is 0 Å². The minimum atomic E-state index is -0.828. The van der Waals surface area contributed by atoms with Gasteiger partial charge in [-0.3, -0.25) is 4.79 Å². The van der Waals surface area contributed by atoms with Crippen LogP contribution in [-0.2, 0) is 11.3 Å². The minimum absolute atomic E-state index is 0.0198. The molecule has 0 unspecified atom stereocenters. The minimum Gasteiger partial charge on any atom is -0.481 e. The summed E-state index contributed by atoms with van der Waals surface area (Å²) >= 11 is 2.88. The molecule has 2 aromatic rings. The van der Waals surface area contributed by atoms with Gasteiger partial charge < -0.3 is 9.67 Å². The van der Waals surface area contributed by atoms with Gasteiger partial charge in [0.2, 0.25) is 0 Å². The van der Waals surface area contributed by atoms with Gasteiger partial charge in [0.25, 0.3) is 0 Å². The van der Waals surface area contributed by atoms with E-state index in [9.17, 15) is 4.79 Å². The number of carboxylic acids is 1. The van der Waals surface area contributed by atoms with Crippen molar-refractivity contribution in [1.82, 2.24) is 14.8 Å². The Balaban J connectivity index is 1.79. The van der Waals surface area contributed by atoms with Crippen LogP contribution in [0.1, 0.15) is 25.7 Å². The molecule has 7 heteroatoms. The van der Waals surface area contributed by atoms with E-state index in [-0.39, 0.29) is 5.75 Å². The highest BCUT2D eigenvalue weighted by Gasteiger charge is 2.20. The Morgan fingerprint density at radius 3 is 2.95 bits per heavy atom. The van der Waals surface area contributed by atoms with Crippen molar-refractivity contribution in [2.45, 2.75) is 37.4 Å². The summed E-state index contributed by atoms with van der Waals surface area (Å²) in [5, 5.41) is 20.0. The highest BCUT2D eigenvalue weighted by Crippen LogP contribution is 2.32. The molecule has 0 saturated heterocycles. The van der Waals surface area contributed by atoms with E-state index < -0.39 is 5.97 Å². The molecule has 2 heterocycles. The predicted octanol–water partition coefficient (Wildman–Crippen LogP) is 3.37. The normalized spacial score (nSPS) is 15.0. The van der Waals surface area contributed by atoms with Crippen LogP contribution in [0.25, 0.3) is 10.7 Å². The first-order valence-corrected chi connectivity index (χ1v) is 8.92. The zero-order valence-electron chi connectivity index (χ0n) is 11.6.